The number of hydrogen-bond acceptors (Lipinski definition) is 5. The summed E-state index contributed by atoms with van der Waals surface area (Å²) < 4.78 is 6.08. The summed E-state index contributed by atoms with van der Waals surface area (Å²) in [6.07, 6.45) is 3.91. The Balaban J connectivity index is 1.57. The van der Waals surface area contributed by atoms with Crippen LogP contribution in [0.15, 0.2) is 59.1 Å². The number of esters is 1. The van der Waals surface area contributed by atoms with Crippen molar-refractivity contribution >= 4 is 55.0 Å². The van der Waals surface area contributed by atoms with E-state index in [4.69, 9.17) is 9.72 Å². The van der Waals surface area contributed by atoms with Crippen molar-refractivity contribution in [2.24, 2.45) is 5.92 Å². The number of pyridine rings is 1. The largest absolute Gasteiger partial charge is 0.465 e. The van der Waals surface area contributed by atoms with E-state index in [0.717, 1.165) is 52.2 Å². The Kier molecular flexibility index (Phi) is 6.71. The molecule has 0 unspecified atom stereocenters. The number of carbonyl (C=O) groups is 2. The highest BCUT2D eigenvalue weighted by Gasteiger charge is 2.30. The molecule has 0 bridgehead atoms. The number of methoxy groups -OCH3 is 1. The maximum Gasteiger partial charge on any atom is 0.341 e. The fourth-order valence-corrected chi connectivity index (χ4v) is 6.32. The smallest absolute Gasteiger partial charge is 0.341 e. The molecular weight excluding hydrogens is 524 g/mol. The van der Waals surface area contributed by atoms with Crippen molar-refractivity contribution in [3.63, 3.8) is 0 Å². The number of benzene rings is 2. The molecule has 2 aromatic heterocycles. The number of thiophene rings is 1. The minimum atomic E-state index is -0.400. The Morgan fingerprint density at radius 2 is 1.94 bits per heavy atom. The standard InChI is InChI=1S/C28H25BrN2O3S/c1-3-16-8-13-20-24(14-16)35-27(25(20)28(33)34-2)31-26(32)21-15-23(17-9-11-18(29)12-10-17)30-22-7-5-4-6-19(21)22/h4-7,9-12,15-16H,3,8,13-14H2,1-2H3,(H,31,32)/t16-/m0/s1. The van der Waals surface area contributed by atoms with Gasteiger partial charge >= 0.3 is 5.97 Å². The third kappa shape index (κ3) is 4.62. The Hall–Kier alpha value is -3.03. The van der Waals surface area contributed by atoms with Crippen LogP contribution < -0.4 is 5.32 Å². The number of rotatable bonds is 5. The first-order valence-corrected chi connectivity index (χ1v) is 13.3. The maximum absolute atomic E-state index is 13.7. The van der Waals surface area contributed by atoms with Gasteiger partial charge in [0, 0.05) is 20.3 Å². The number of halogens is 1. The van der Waals surface area contributed by atoms with Crippen molar-refractivity contribution in [1.29, 1.82) is 0 Å². The number of carbonyl (C=O) groups excluding carboxylic acids is 2. The van der Waals surface area contributed by atoms with Gasteiger partial charge in [0.05, 0.1) is 29.4 Å². The highest BCUT2D eigenvalue weighted by molar-refractivity contribution is 9.10. The van der Waals surface area contributed by atoms with E-state index in [1.54, 1.807) is 0 Å². The van der Waals surface area contributed by atoms with Crippen LogP contribution in [0.1, 0.15) is 50.9 Å². The minimum Gasteiger partial charge on any atom is -0.465 e. The van der Waals surface area contributed by atoms with Gasteiger partial charge in [-0.2, -0.15) is 0 Å². The van der Waals surface area contributed by atoms with Gasteiger partial charge in [0.15, 0.2) is 0 Å². The second kappa shape index (κ2) is 9.91. The average molecular weight is 549 g/mol. The summed E-state index contributed by atoms with van der Waals surface area (Å²) in [5.41, 5.74) is 4.41. The Bertz CT molecular complexity index is 1430. The zero-order valence-electron chi connectivity index (χ0n) is 19.6. The summed E-state index contributed by atoms with van der Waals surface area (Å²) in [6.45, 7) is 2.20. The number of anilines is 1. The van der Waals surface area contributed by atoms with Gasteiger partial charge in [-0.05, 0) is 55.0 Å². The van der Waals surface area contributed by atoms with Crippen LogP contribution in [0.5, 0.6) is 0 Å². The quantitative estimate of drug-likeness (QED) is 0.266. The van der Waals surface area contributed by atoms with Gasteiger partial charge in [0.25, 0.3) is 5.91 Å². The topological polar surface area (TPSA) is 68.3 Å². The van der Waals surface area contributed by atoms with Gasteiger partial charge in [0.2, 0.25) is 0 Å². The molecule has 35 heavy (non-hydrogen) atoms. The van der Waals surface area contributed by atoms with Crippen molar-refractivity contribution in [2.45, 2.75) is 32.6 Å². The summed E-state index contributed by atoms with van der Waals surface area (Å²) in [6, 6.07) is 17.3. The van der Waals surface area contributed by atoms with Gasteiger partial charge in [-0.3, -0.25) is 4.79 Å². The second-order valence-corrected chi connectivity index (χ2v) is 10.8. The molecule has 4 aromatic rings. The fourth-order valence-electron chi connectivity index (χ4n) is 4.71. The van der Waals surface area contributed by atoms with Gasteiger partial charge < -0.3 is 10.1 Å². The monoisotopic (exact) mass is 548 g/mol. The SMILES string of the molecule is CC[C@H]1CCc2c(sc(NC(=O)c3cc(-c4ccc(Br)cc4)nc4ccccc34)c2C(=O)OC)C1. The molecule has 1 amide bonds. The van der Waals surface area contributed by atoms with E-state index in [0.29, 0.717) is 27.7 Å². The first-order valence-electron chi connectivity index (χ1n) is 11.7. The molecule has 0 aliphatic heterocycles. The third-order valence-corrected chi connectivity index (χ3v) is 8.36. The van der Waals surface area contributed by atoms with E-state index < -0.39 is 5.97 Å². The highest BCUT2D eigenvalue weighted by Crippen LogP contribution is 2.41. The molecule has 0 saturated heterocycles. The molecule has 2 heterocycles. The van der Waals surface area contributed by atoms with Gasteiger partial charge in [-0.25, -0.2) is 9.78 Å². The minimum absolute atomic E-state index is 0.266. The Morgan fingerprint density at radius 1 is 1.17 bits per heavy atom. The molecule has 5 rings (SSSR count). The third-order valence-electron chi connectivity index (χ3n) is 6.66. The van der Waals surface area contributed by atoms with Crippen LogP contribution in [0.25, 0.3) is 22.2 Å². The number of para-hydroxylation sites is 1. The van der Waals surface area contributed by atoms with E-state index in [-0.39, 0.29) is 5.91 Å². The number of fused-ring (bicyclic) bond motifs is 2. The molecule has 1 aliphatic rings. The molecule has 1 atom stereocenters. The summed E-state index contributed by atoms with van der Waals surface area (Å²) in [7, 11) is 1.39. The summed E-state index contributed by atoms with van der Waals surface area (Å²) in [5, 5.41) is 4.38. The van der Waals surface area contributed by atoms with Crippen LogP contribution in [-0.4, -0.2) is 24.0 Å². The Labute approximate surface area is 216 Å². The van der Waals surface area contributed by atoms with Crippen molar-refractivity contribution in [3.05, 3.63) is 80.6 Å². The lowest BCUT2D eigenvalue weighted by molar-refractivity contribution is 0.0601. The van der Waals surface area contributed by atoms with Crippen LogP contribution in [0.3, 0.4) is 0 Å². The van der Waals surface area contributed by atoms with Crippen molar-refractivity contribution in [1.82, 2.24) is 4.98 Å². The molecular formula is C28H25BrN2O3S. The summed E-state index contributed by atoms with van der Waals surface area (Å²) >= 11 is 4.97. The highest BCUT2D eigenvalue weighted by atomic mass is 79.9. The van der Waals surface area contributed by atoms with Crippen LogP contribution >= 0.6 is 27.3 Å². The van der Waals surface area contributed by atoms with E-state index in [2.05, 4.69) is 28.2 Å². The van der Waals surface area contributed by atoms with Gasteiger partial charge in [-0.15, -0.1) is 11.3 Å². The summed E-state index contributed by atoms with van der Waals surface area (Å²) in [5.74, 6) is -0.0616. The molecule has 0 saturated carbocycles. The molecule has 0 spiro atoms. The van der Waals surface area contributed by atoms with E-state index >= 15 is 0 Å². The average Bonchev–Trinajstić information content (AvgIpc) is 3.24. The molecule has 1 N–H and O–H groups in total. The van der Waals surface area contributed by atoms with E-state index in [1.807, 2.05) is 54.6 Å². The van der Waals surface area contributed by atoms with Crippen LogP contribution in [0.2, 0.25) is 0 Å². The first-order chi connectivity index (χ1) is 17.0. The fraction of sp³-hybridized carbons (Fsp3) is 0.250. The van der Waals surface area contributed by atoms with Crippen molar-refractivity contribution < 1.29 is 14.3 Å². The lowest BCUT2D eigenvalue weighted by Crippen LogP contribution is -2.17. The lowest BCUT2D eigenvalue weighted by atomic mass is 9.85. The normalized spacial score (nSPS) is 15.0. The molecule has 0 radical (unpaired) electrons. The van der Waals surface area contributed by atoms with Crippen LogP contribution in [0, 0.1) is 5.92 Å². The molecule has 7 heteroatoms. The van der Waals surface area contributed by atoms with E-state index in [1.165, 1.54) is 23.3 Å². The number of amides is 1. The molecule has 178 valence electrons. The predicted molar refractivity (Wildman–Crippen MR) is 144 cm³/mol. The van der Waals surface area contributed by atoms with Crippen LogP contribution in [0.4, 0.5) is 5.00 Å². The van der Waals surface area contributed by atoms with E-state index in [9.17, 15) is 9.59 Å². The molecule has 2 aromatic carbocycles. The number of nitrogens with one attached hydrogen (secondary N) is 1. The van der Waals surface area contributed by atoms with Gasteiger partial charge in [-0.1, -0.05) is 59.6 Å². The Morgan fingerprint density at radius 3 is 2.69 bits per heavy atom. The number of ether oxygens (including phenoxy) is 1. The van der Waals surface area contributed by atoms with Crippen LogP contribution in [-0.2, 0) is 17.6 Å². The number of aromatic nitrogens is 1. The molecule has 0 fully saturated rings. The number of hydrogen-bond donors (Lipinski definition) is 1. The first kappa shape index (κ1) is 23.7. The second-order valence-electron chi connectivity index (χ2n) is 8.75. The molecule has 5 nitrogen and oxygen atoms in total. The zero-order valence-corrected chi connectivity index (χ0v) is 22.0. The van der Waals surface area contributed by atoms with Crippen molar-refractivity contribution in [3.8, 4) is 11.3 Å². The summed E-state index contributed by atoms with van der Waals surface area (Å²) in [4.78, 5) is 32.4. The molecule has 1 aliphatic carbocycles. The maximum atomic E-state index is 13.7. The number of nitrogens with zero attached hydrogens (tertiary/aromatic N) is 1. The lowest BCUT2D eigenvalue weighted by Gasteiger charge is -2.20. The van der Waals surface area contributed by atoms with Gasteiger partial charge in [0.1, 0.15) is 5.00 Å². The van der Waals surface area contributed by atoms with Crippen molar-refractivity contribution in [2.75, 3.05) is 12.4 Å². The zero-order chi connectivity index (χ0) is 24.5. The predicted octanol–water partition coefficient (Wildman–Crippen LogP) is 7.28.